The number of amides is 1. The topological polar surface area (TPSA) is 44.8 Å². The Labute approximate surface area is 167 Å². The van der Waals surface area contributed by atoms with Gasteiger partial charge in [0, 0.05) is 31.4 Å². The van der Waals surface area contributed by atoms with Crippen molar-refractivity contribution in [3.05, 3.63) is 65.7 Å². The molecule has 0 spiro atoms. The maximum atomic E-state index is 12.6. The van der Waals surface area contributed by atoms with Crippen LogP contribution >= 0.6 is 0 Å². The molecular weight excluding hydrogens is 350 g/mol. The van der Waals surface area contributed by atoms with Crippen molar-refractivity contribution in [2.24, 2.45) is 0 Å². The summed E-state index contributed by atoms with van der Waals surface area (Å²) in [5.74, 6) is 0.0590. The molecular formula is C23H29N3O2. The Balaban J connectivity index is 1.29. The minimum Gasteiger partial charge on any atom is -0.379 e. The molecule has 2 fully saturated rings. The van der Waals surface area contributed by atoms with Crippen molar-refractivity contribution >= 4 is 11.6 Å². The van der Waals surface area contributed by atoms with Gasteiger partial charge < -0.3 is 10.1 Å². The molecule has 0 bridgehead atoms. The third-order valence-corrected chi connectivity index (χ3v) is 5.64. The number of hydrogen-bond acceptors (Lipinski definition) is 4. The lowest BCUT2D eigenvalue weighted by molar-refractivity contribution is -0.117. The lowest BCUT2D eigenvalue weighted by atomic mass is 10.0. The molecule has 0 saturated carbocycles. The quantitative estimate of drug-likeness (QED) is 0.837. The van der Waals surface area contributed by atoms with Crippen LogP contribution in [-0.4, -0.2) is 55.1 Å². The van der Waals surface area contributed by atoms with E-state index in [0.29, 0.717) is 12.6 Å². The largest absolute Gasteiger partial charge is 0.379 e. The van der Waals surface area contributed by atoms with Gasteiger partial charge in [0.2, 0.25) is 5.91 Å². The van der Waals surface area contributed by atoms with E-state index in [-0.39, 0.29) is 5.91 Å². The van der Waals surface area contributed by atoms with Gasteiger partial charge >= 0.3 is 0 Å². The van der Waals surface area contributed by atoms with Crippen molar-refractivity contribution in [1.82, 2.24) is 9.80 Å². The Kier molecular flexibility index (Phi) is 6.37. The molecule has 1 amide bonds. The Morgan fingerprint density at radius 2 is 1.75 bits per heavy atom. The van der Waals surface area contributed by atoms with Gasteiger partial charge in [-0.2, -0.15) is 0 Å². The fraction of sp³-hybridized carbons (Fsp3) is 0.435. The number of nitrogens with one attached hydrogen (secondary N) is 1. The van der Waals surface area contributed by atoms with E-state index in [4.69, 9.17) is 4.74 Å². The third-order valence-electron chi connectivity index (χ3n) is 5.64. The summed E-state index contributed by atoms with van der Waals surface area (Å²) >= 11 is 0. The number of hydrogen-bond donors (Lipinski definition) is 1. The standard InChI is InChI=1S/C23H29N3O2/c27-23(18-26-12-4-7-22(26)20-5-2-1-3-6-20)24-21-10-8-19(9-11-21)17-25-13-15-28-16-14-25/h1-3,5-6,8-11,22H,4,7,12-18H2,(H,24,27). The number of nitrogens with zero attached hydrogens (tertiary/aromatic N) is 2. The van der Waals surface area contributed by atoms with Gasteiger partial charge in [-0.15, -0.1) is 0 Å². The minimum atomic E-state index is 0.0590. The van der Waals surface area contributed by atoms with E-state index < -0.39 is 0 Å². The van der Waals surface area contributed by atoms with Gasteiger partial charge in [0.15, 0.2) is 0 Å². The lowest BCUT2D eigenvalue weighted by Crippen LogP contribution is -2.35. The van der Waals surface area contributed by atoms with Crippen LogP contribution in [0.4, 0.5) is 5.69 Å². The average molecular weight is 380 g/mol. The van der Waals surface area contributed by atoms with Crippen LogP contribution in [0.1, 0.15) is 30.0 Å². The number of benzene rings is 2. The van der Waals surface area contributed by atoms with Gasteiger partial charge in [0.1, 0.15) is 0 Å². The zero-order valence-corrected chi connectivity index (χ0v) is 16.3. The summed E-state index contributed by atoms with van der Waals surface area (Å²) in [5.41, 5.74) is 3.44. The second kappa shape index (κ2) is 9.32. The summed E-state index contributed by atoms with van der Waals surface area (Å²) in [7, 11) is 0. The van der Waals surface area contributed by atoms with Gasteiger partial charge in [0.25, 0.3) is 0 Å². The first-order valence-corrected chi connectivity index (χ1v) is 10.3. The van der Waals surface area contributed by atoms with E-state index in [9.17, 15) is 4.79 Å². The molecule has 2 heterocycles. The van der Waals surface area contributed by atoms with Crippen molar-refractivity contribution in [2.75, 3.05) is 44.7 Å². The van der Waals surface area contributed by atoms with E-state index >= 15 is 0 Å². The first-order chi connectivity index (χ1) is 13.8. The van der Waals surface area contributed by atoms with E-state index in [1.54, 1.807) is 0 Å². The molecule has 0 aliphatic carbocycles. The predicted octanol–water partition coefficient (Wildman–Crippen LogP) is 3.29. The molecule has 1 atom stereocenters. The molecule has 148 valence electrons. The van der Waals surface area contributed by atoms with E-state index in [1.807, 2.05) is 18.2 Å². The van der Waals surface area contributed by atoms with Crippen molar-refractivity contribution < 1.29 is 9.53 Å². The predicted molar refractivity (Wildman–Crippen MR) is 111 cm³/mol. The minimum absolute atomic E-state index is 0.0590. The number of morpholine rings is 1. The molecule has 2 aliphatic heterocycles. The highest BCUT2D eigenvalue weighted by molar-refractivity contribution is 5.92. The summed E-state index contributed by atoms with van der Waals surface area (Å²) in [6.07, 6.45) is 2.26. The molecule has 0 radical (unpaired) electrons. The Bertz CT molecular complexity index is 757. The van der Waals surface area contributed by atoms with Gasteiger partial charge in [0.05, 0.1) is 19.8 Å². The monoisotopic (exact) mass is 379 g/mol. The normalized spacial score (nSPS) is 20.9. The maximum absolute atomic E-state index is 12.6. The van der Waals surface area contributed by atoms with Gasteiger partial charge in [-0.3, -0.25) is 14.6 Å². The van der Waals surface area contributed by atoms with Gasteiger partial charge in [-0.25, -0.2) is 0 Å². The fourth-order valence-electron chi connectivity index (χ4n) is 4.16. The second-order valence-corrected chi connectivity index (χ2v) is 7.67. The molecule has 5 nitrogen and oxygen atoms in total. The van der Waals surface area contributed by atoms with Crippen molar-refractivity contribution in [1.29, 1.82) is 0 Å². The van der Waals surface area contributed by atoms with Crippen LogP contribution in [0.25, 0.3) is 0 Å². The number of anilines is 1. The van der Waals surface area contributed by atoms with Crippen molar-refractivity contribution in [2.45, 2.75) is 25.4 Å². The first kappa shape index (κ1) is 19.1. The lowest BCUT2D eigenvalue weighted by Gasteiger charge is -2.26. The van der Waals surface area contributed by atoms with Crippen LogP contribution in [0.2, 0.25) is 0 Å². The highest BCUT2D eigenvalue weighted by atomic mass is 16.5. The van der Waals surface area contributed by atoms with Gasteiger partial charge in [-0.05, 0) is 42.6 Å². The number of carbonyl (C=O) groups is 1. The van der Waals surface area contributed by atoms with E-state index in [2.05, 4.69) is 51.5 Å². The number of rotatable bonds is 6. The van der Waals surface area contributed by atoms with Crippen LogP contribution in [0.3, 0.4) is 0 Å². The summed E-state index contributed by atoms with van der Waals surface area (Å²) in [6.45, 7) is 5.95. The summed E-state index contributed by atoms with van der Waals surface area (Å²) in [5, 5.41) is 3.06. The maximum Gasteiger partial charge on any atom is 0.238 e. The Morgan fingerprint density at radius 3 is 2.50 bits per heavy atom. The Morgan fingerprint density at radius 1 is 1.00 bits per heavy atom. The second-order valence-electron chi connectivity index (χ2n) is 7.67. The highest BCUT2D eigenvalue weighted by Crippen LogP contribution is 2.31. The molecule has 2 aromatic rings. The molecule has 1 N–H and O–H groups in total. The van der Waals surface area contributed by atoms with E-state index in [0.717, 1.165) is 57.9 Å². The van der Waals surface area contributed by atoms with Crippen LogP contribution in [0, 0.1) is 0 Å². The molecule has 2 saturated heterocycles. The van der Waals surface area contributed by atoms with Crippen LogP contribution in [0.15, 0.2) is 54.6 Å². The van der Waals surface area contributed by atoms with Crippen LogP contribution < -0.4 is 5.32 Å². The molecule has 0 aromatic heterocycles. The molecule has 2 aromatic carbocycles. The van der Waals surface area contributed by atoms with Crippen molar-refractivity contribution in [3.8, 4) is 0 Å². The molecule has 1 unspecified atom stereocenters. The molecule has 4 rings (SSSR count). The van der Waals surface area contributed by atoms with E-state index in [1.165, 1.54) is 11.1 Å². The summed E-state index contributed by atoms with van der Waals surface area (Å²) in [4.78, 5) is 17.3. The fourth-order valence-corrected chi connectivity index (χ4v) is 4.16. The number of likely N-dealkylation sites (tertiary alicyclic amines) is 1. The summed E-state index contributed by atoms with van der Waals surface area (Å²) in [6, 6.07) is 19.1. The summed E-state index contributed by atoms with van der Waals surface area (Å²) < 4.78 is 5.40. The number of ether oxygens (including phenoxy) is 1. The molecule has 2 aliphatic rings. The zero-order chi connectivity index (χ0) is 19.2. The van der Waals surface area contributed by atoms with Gasteiger partial charge in [-0.1, -0.05) is 42.5 Å². The number of carbonyl (C=O) groups excluding carboxylic acids is 1. The molecule has 5 heteroatoms. The molecule has 28 heavy (non-hydrogen) atoms. The van der Waals surface area contributed by atoms with Crippen LogP contribution in [0.5, 0.6) is 0 Å². The average Bonchev–Trinajstić information content (AvgIpc) is 3.19. The van der Waals surface area contributed by atoms with Crippen molar-refractivity contribution in [3.63, 3.8) is 0 Å². The highest BCUT2D eigenvalue weighted by Gasteiger charge is 2.27. The Hall–Kier alpha value is -2.21. The third kappa shape index (κ3) is 4.98. The SMILES string of the molecule is O=C(CN1CCCC1c1ccccc1)Nc1ccc(CN2CCOCC2)cc1. The zero-order valence-electron chi connectivity index (χ0n) is 16.3. The van der Waals surface area contributed by atoms with Crippen LogP contribution in [-0.2, 0) is 16.1 Å². The first-order valence-electron chi connectivity index (χ1n) is 10.3. The smallest absolute Gasteiger partial charge is 0.238 e.